The van der Waals surface area contributed by atoms with Gasteiger partial charge in [-0.15, -0.1) is 0 Å². The van der Waals surface area contributed by atoms with E-state index in [1.807, 2.05) is 4.90 Å². The van der Waals surface area contributed by atoms with Crippen molar-refractivity contribution in [3.8, 4) is 5.75 Å². The number of aliphatic hydroxyl groups excluding tert-OH is 1. The van der Waals surface area contributed by atoms with Crippen molar-refractivity contribution in [3.63, 3.8) is 0 Å². The zero-order valence-electron chi connectivity index (χ0n) is 16.6. The van der Waals surface area contributed by atoms with E-state index in [-0.39, 0.29) is 5.71 Å². The Hall–Kier alpha value is -3.33. The van der Waals surface area contributed by atoms with Crippen LogP contribution in [-0.2, 0) is 4.74 Å². The highest BCUT2D eigenvalue weighted by atomic mass is 16.5. The van der Waals surface area contributed by atoms with Crippen LogP contribution in [0.25, 0.3) is 0 Å². The number of likely N-dealkylation sites (N-methyl/N-ethyl adjacent to an activating group) is 1. The first-order valence-electron chi connectivity index (χ1n) is 9.29. The molecular weight excluding hydrogens is 372 g/mol. The molecule has 0 spiro atoms. The number of benzene rings is 1. The molecule has 2 aromatic rings. The summed E-state index contributed by atoms with van der Waals surface area (Å²) in [6.07, 6.45) is 1.96. The third-order valence-corrected chi connectivity index (χ3v) is 4.70. The van der Waals surface area contributed by atoms with E-state index in [0.29, 0.717) is 67.0 Å². The topological polar surface area (TPSA) is 130 Å². The number of aliphatic hydroxyl groups is 1. The summed E-state index contributed by atoms with van der Waals surface area (Å²) in [5.74, 6) is 1.66. The van der Waals surface area contributed by atoms with Crippen LogP contribution < -0.4 is 20.7 Å². The zero-order valence-corrected chi connectivity index (χ0v) is 16.6. The van der Waals surface area contributed by atoms with Crippen LogP contribution in [-0.4, -0.2) is 61.2 Å². The first-order valence-corrected chi connectivity index (χ1v) is 9.29. The Labute approximate surface area is 169 Å². The molecule has 0 fully saturated rings. The minimum atomic E-state index is 0.188. The molecule has 154 valence electrons. The first kappa shape index (κ1) is 20.4. The lowest BCUT2D eigenvalue weighted by Crippen LogP contribution is -2.36. The molecule has 1 aliphatic heterocycles. The highest BCUT2D eigenvalue weighted by Crippen LogP contribution is 2.24. The van der Waals surface area contributed by atoms with Gasteiger partial charge in [0.15, 0.2) is 0 Å². The fourth-order valence-electron chi connectivity index (χ4n) is 3.05. The van der Waals surface area contributed by atoms with Gasteiger partial charge in [0.05, 0.1) is 30.3 Å². The summed E-state index contributed by atoms with van der Waals surface area (Å²) in [7, 11) is 3.39. The number of hydrogen-bond acceptors (Lipinski definition) is 9. The first-order chi connectivity index (χ1) is 14.0. The minimum absolute atomic E-state index is 0.188. The second-order valence-electron chi connectivity index (χ2n) is 6.57. The van der Waals surface area contributed by atoms with Crippen molar-refractivity contribution in [2.24, 2.45) is 0 Å². The van der Waals surface area contributed by atoms with Crippen molar-refractivity contribution >= 4 is 17.2 Å². The molecular formula is C20H26N6O3. The molecule has 2 heterocycles. The molecule has 1 aliphatic rings. The Balaban J connectivity index is 1.82. The Morgan fingerprint density at radius 1 is 1.31 bits per heavy atom. The Morgan fingerprint density at radius 3 is 2.90 bits per heavy atom. The number of nitrogen functional groups attached to an aromatic ring is 1. The van der Waals surface area contributed by atoms with Gasteiger partial charge in [-0.2, -0.15) is 0 Å². The van der Waals surface area contributed by atoms with E-state index in [1.165, 1.54) is 6.33 Å². The average Bonchev–Trinajstić information content (AvgIpc) is 2.75. The third kappa shape index (κ3) is 4.75. The second kappa shape index (κ2) is 9.24. The zero-order chi connectivity index (χ0) is 20.8. The van der Waals surface area contributed by atoms with E-state index < -0.39 is 0 Å². The summed E-state index contributed by atoms with van der Waals surface area (Å²) >= 11 is 0. The molecule has 0 radical (unpaired) electrons. The Kier molecular flexibility index (Phi) is 6.50. The number of nitrogens with zero attached hydrogens (tertiary/aromatic N) is 3. The fourth-order valence-corrected chi connectivity index (χ4v) is 3.05. The van der Waals surface area contributed by atoms with Gasteiger partial charge in [0, 0.05) is 44.4 Å². The predicted molar refractivity (Wildman–Crippen MR) is 112 cm³/mol. The number of anilines is 2. The van der Waals surface area contributed by atoms with Crippen molar-refractivity contribution in [2.75, 3.05) is 51.1 Å². The van der Waals surface area contributed by atoms with E-state index >= 15 is 0 Å². The average molecular weight is 398 g/mol. The monoisotopic (exact) mass is 398 g/mol. The summed E-state index contributed by atoms with van der Waals surface area (Å²) in [5.41, 5.74) is 8.51. The fraction of sp³-hybridized carbons (Fsp3) is 0.350. The molecule has 29 heavy (non-hydrogen) atoms. The van der Waals surface area contributed by atoms with Gasteiger partial charge in [0.2, 0.25) is 0 Å². The van der Waals surface area contributed by atoms with E-state index in [2.05, 4.69) is 15.3 Å². The molecule has 0 amide bonds. The van der Waals surface area contributed by atoms with Crippen molar-refractivity contribution in [1.82, 2.24) is 15.3 Å². The van der Waals surface area contributed by atoms with Crippen LogP contribution in [0.5, 0.6) is 5.75 Å². The molecule has 9 nitrogen and oxygen atoms in total. The normalized spacial score (nSPS) is 14.1. The SMILES string of the molecule is CNC1=C(O)CCN(c2cc(C(=N)c3cc(OCCOC)ccc3N)ncn2)C1. The maximum atomic E-state index is 9.95. The molecule has 0 saturated heterocycles. The standard InChI is InChI=1S/C20H26N6O3/c1-23-17-11-26(6-5-18(17)27)19-10-16(24-12-25-19)20(22)14-9-13(3-4-15(14)21)29-8-7-28-2/h3-4,9-10,12,22-23,27H,5-8,11,21H2,1-2H3. The van der Waals surface area contributed by atoms with Crippen LogP contribution in [0.1, 0.15) is 17.7 Å². The summed E-state index contributed by atoms with van der Waals surface area (Å²) in [5, 5.41) is 21.6. The van der Waals surface area contributed by atoms with E-state index in [9.17, 15) is 5.11 Å². The van der Waals surface area contributed by atoms with Gasteiger partial charge in [-0.25, -0.2) is 9.97 Å². The van der Waals surface area contributed by atoms with Gasteiger partial charge >= 0.3 is 0 Å². The molecule has 1 aromatic heterocycles. The molecule has 0 unspecified atom stereocenters. The molecule has 0 aliphatic carbocycles. The van der Waals surface area contributed by atoms with Crippen LogP contribution in [0, 0.1) is 5.41 Å². The molecule has 0 saturated carbocycles. The van der Waals surface area contributed by atoms with E-state index in [1.54, 1.807) is 38.4 Å². The van der Waals surface area contributed by atoms with Crippen molar-refractivity contribution in [3.05, 3.63) is 53.3 Å². The van der Waals surface area contributed by atoms with Gasteiger partial charge in [0.1, 0.15) is 30.3 Å². The highest BCUT2D eigenvalue weighted by molar-refractivity contribution is 6.13. The number of hydrogen-bond donors (Lipinski definition) is 4. The van der Waals surface area contributed by atoms with Gasteiger partial charge in [-0.3, -0.25) is 5.41 Å². The van der Waals surface area contributed by atoms with Gasteiger partial charge < -0.3 is 30.5 Å². The van der Waals surface area contributed by atoms with Crippen molar-refractivity contribution in [2.45, 2.75) is 6.42 Å². The maximum absolute atomic E-state index is 9.95. The van der Waals surface area contributed by atoms with Crippen LogP contribution in [0.4, 0.5) is 11.5 Å². The number of aromatic nitrogens is 2. The lowest BCUT2D eigenvalue weighted by atomic mass is 10.0. The molecule has 1 aromatic carbocycles. The number of ether oxygens (including phenoxy) is 2. The number of nitrogens with one attached hydrogen (secondary N) is 2. The van der Waals surface area contributed by atoms with Crippen molar-refractivity contribution < 1.29 is 14.6 Å². The van der Waals surface area contributed by atoms with Crippen LogP contribution in [0.3, 0.4) is 0 Å². The molecule has 9 heteroatoms. The van der Waals surface area contributed by atoms with Crippen LogP contribution in [0.2, 0.25) is 0 Å². The lowest BCUT2D eigenvalue weighted by Gasteiger charge is -2.29. The highest BCUT2D eigenvalue weighted by Gasteiger charge is 2.20. The van der Waals surface area contributed by atoms with Gasteiger partial charge in [-0.05, 0) is 18.2 Å². The van der Waals surface area contributed by atoms with Gasteiger partial charge in [0.25, 0.3) is 0 Å². The largest absolute Gasteiger partial charge is 0.510 e. The van der Waals surface area contributed by atoms with Crippen LogP contribution >= 0.6 is 0 Å². The Morgan fingerprint density at radius 2 is 2.14 bits per heavy atom. The molecule has 0 atom stereocenters. The lowest BCUT2D eigenvalue weighted by molar-refractivity contribution is 0.146. The summed E-state index contributed by atoms with van der Waals surface area (Å²) < 4.78 is 10.6. The van der Waals surface area contributed by atoms with Crippen LogP contribution in [0.15, 0.2) is 42.0 Å². The summed E-state index contributed by atoms with van der Waals surface area (Å²) in [6, 6.07) is 6.97. The summed E-state index contributed by atoms with van der Waals surface area (Å²) in [4.78, 5) is 10.6. The second-order valence-corrected chi connectivity index (χ2v) is 6.57. The molecule has 0 bridgehead atoms. The number of methoxy groups -OCH3 is 1. The van der Waals surface area contributed by atoms with Gasteiger partial charge in [-0.1, -0.05) is 0 Å². The summed E-state index contributed by atoms with van der Waals surface area (Å²) in [6.45, 7) is 2.03. The molecule has 5 N–H and O–H groups in total. The van der Waals surface area contributed by atoms with E-state index in [4.69, 9.17) is 20.6 Å². The third-order valence-electron chi connectivity index (χ3n) is 4.70. The predicted octanol–water partition coefficient (Wildman–Crippen LogP) is 1.70. The molecule has 3 rings (SSSR count). The van der Waals surface area contributed by atoms with E-state index in [0.717, 1.165) is 5.70 Å². The number of nitrogens with two attached hydrogens (primary N) is 1. The smallest absolute Gasteiger partial charge is 0.132 e. The maximum Gasteiger partial charge on any atom is 0.132 e. The minimum Gasteiger partial charge on any atom is -0.510 e. The van der Waals surface area contributed by atoms with Crippen molar-refractivity contribution in [1.29, 1.82) is 5.41 Å². The Bertz CT molecular complexity index is 915. The number of rotatable bonds is 8. The quantitative estimate of drug-likeness (QED) is 0.300.